The van der Waals surface area contributed by atoms with Gasteiger partial charge in [0.15, 0.2) is 0 Å². The van der Waals surface area contributed by atoms with Crippen LogP contribution < -0.4 is 4.90 Å². The van der Waals surface area contributed by atoms with Crippen LogP contribution >= 0.6 is 0 Å². The molecule has 88 valence electrons. The van der Waals surface area contributed by atoms with Crippen LogP contribution in [0.1, 0.15) is 19.8 Å². The van der Waals surface area contributed by atoms with Gasteiger partial charge in [-0.1, -0.05) is 31.5 Å². The molecule has 3 nitrogen and oxygen atoms in total. The zero-order valence-corrected chi connectivity index (χ0v) is 9.97. The Morgan fingerprint density at radius 2 is 2.00 bits per heavy atom. The van der Waals surface area contributed by atoms with Gasteiger partial charge in [0, 0.05) is 18.4 Å². The molecule has 1 aliphatic rings. The van der Waals surface area contributed by atoms with Gasteiger partial charge in [0.25, 0.3) is 5.91 Å². The number of unbranched alkanes of at least 4 members (excludes halogenated alkanes) is 1. The molecule has 0 atom stereocenters. The van der Waals surface area contributed by atoms with Crippen LogP contribution in [-0.2, 0) is 4.79 Å². The standard InChI is InChI=1S/C14H16N2O/c1-2-3-11-16(12-7-5-4-6-8-12)14(17)13-9-10-15-13/h4-10H,2-3,11H2,1H3. The fourth-order valence-corrected chi connectivity index (χ4v) is 1.69. The summed E-state index contributed by atoms with van der Waals surface area (Å²) >= 11 is 0. The van der Waals surface area contributed by atoms with Crippen LogP contribution in [0.2, 0.25) is 0 Å². The van der Waals surface area contributed by atoms with Crippen molar-refractivity contribution in [1.82, 2.24) is 0 Å². The summed E-state index contributed by atoms with van der Waals surface area (Å²) in [4.78, 5) is 17.9. The fourth-order valence-electron chi connectivity index (χ4n) is 1.69. The van der Waals surface area contributed by atoms with Crippen LogP contribution in [0.15, 0.2) is 47.6 Å². The van der Waals surface area contributed by atoms with Gasteiger partial charge in [-0.3, -0.25) is 9.79 Å². The lowest BCUT2D eigenvalue weighted by atomic mass is 10.2. The molecular formula is C14H16N2O. The second kappa shape index (κ2) is 5.43. The van der Waals surface area contributed by atoms with Gasteiger partial charge in [-0.15, -0.1) is 0 Å². The van der Waals surface area contributed by atoms with Gasteiger partial charge in [0.05, 0.1) is 0 Å². The summed E-state index contributed by atoms with van der Waals surface area (Å²) < 4.78 is 0. The summed E-state index contributed by atoms with van der Waals surface area (Å²) in [5.41, 5.74) is 1.49. The number of anilines is 1. The molecule has 1 amide bonds. The molecule has 0 spiro atoms. The Labute approximate surface area is 101 Å². The molecule has 0 fully saturated rings. The molecule has 1 aromatic carbocycles. The minimum Gasteiger partial charge on any atom is -0.307 e. The van der Waals surface area contributed by atoms with E-state index in [0.29, 0.717) is 5.71 Å². The summed E-state index contributed by atoms with van der Waals surface area (Å²) in [5.74, 6) is -0.00727. The highest BCUT2D eigenvalue weighted by Gasteiger charge is 2.20. The highest BCUT2D eigenvalue weighted by atomic mass is 16.2. The maximum absolute atomic E-state index is 12.2. The summed E-state index contributed by atoms with van der Waals surface area (Å²) in [6.07, 6.45) is 5.47. The predicted molar refractivity (Wildman–Crippen MR) is 70.3 cm³/mol. The van der Waals surface area contributed by atoms with Crippen molar-refractivity contribution in [1.29, 1.82) is 0 Å². The second-order valence-corrected chi connectivity index (χ2v) is 3.98. The number of amides is 1. The van der Waals surface area contributed by atoms with Crippen LogP contribution in [0.4, 0.5) is 5.69 Å². The average Bonchev–Trinajstić information content (AvgIpc) is 2.29. The van der Waals surface area contributed by atoms with Gasteiger partial charge in [-0.2, -0.15) is 0 Å². The molecule has 1 heterocycles. The predicted octanol–water partition coefficient (Wildman–Crippen LogP) is 2.79. The molecule has 0 bridgehead atoms. The van der Waals surface area contributed by atoms with Crippen LogP contribution in [0.5, 0.6) is 0 Å². The number of hydrogen-bond donors (Lipinski definition) is 0. The zero-order valence-electron chi connectivity index (χ0n) is 9.97. The lowest BCUT2D eigenvalue weighted by molar-refractivity contribution is -0.112. The number of nitrogens with zero attached hydrogens (tertiary/aromatic N) is 2. The van der Waals surface area contributed by atoms with Gasteiger partial charge >= 0.3 is 0 Å². The van der Waals surface area contributed by atoms with E-state index in [1.54, 1.807) is 17.2 Å². The minimum absolute atomic E-state index is 0.00727. The minimum atomic E-state index is -0.00727. The van der Waals surface area contributed by atoms with Crippen molar-refractivity contribution in [3.05, 3.63) is 42.6 Å². The quantitative estimate of drug-likeness (QED) is 0.762. The highest BCUT2D eigenvalue weighted by Crippen LogP contribution is 2.16. The summed E-state index contributed by atoms with van der Waals surface area (Å²) in [5, 5.41) is 0. The summed E-state index contributed by atoms with van der Waals surface area (Å²) in [6.45, 7) is 2.86. The molecule has 0 aromatic heterocycles. The Kier molecular flexibility index (Phi) is 3.70. The second-order valence-electron chi connectivity index (χ2n) is 3.98. The van der Waals surface area contributed by atoms with Crippen molar-refractivity contribution < 1.29 is 4.79 Å². The maximum atomic E-state index is 12.2. The normalized spacial score (nSPS) is 12.9. The highest BCUT2D eigenvalue weighted by molar-refractivity contribution is 6.49. The van der Waals surface area contributed by atoms with E-state index in [9.17, 15) is 4.79 Å². The molecule has 1 aromatic rings. The third-order valence-electron chi connectivity index (χ3n) is 2.71. The first kappa shape index (κ1) is 11.6. The molecule has 0 saturated heterocycles. The van der Waals surface area contributed by atoms with Gasteiger partial charge in [-0.05, 0) is 24.6 Å². The van der Waals surface area contributed by atoms with Crippen molar-refractivity contribution in [3.8, 4) is 0 Å². The first-order valence-corrected chi connectivity index (χ1v) is 5.94. The third-order valence-corrected chi connectivity index (χ3v) is 2.71. The van der Waals surface area contributed by atoms with E-state index in [2.05, 4.69) is 11.9 Å². The Hall–Kier alpha value is -1.90. The number of carbonyl (C=O) groups excluding carboxylic acids is 1. The van der Waals surface area contributed by atoms with E-state index in [0.717, 1.165) is 25.1 Å². The lowest BCUT2D eigenvalue weighted by Gasteiger charge is -2.23. The molecule has 0 aliphatic carbocycles. The Balaban J connectivity index is 2.16. The first-order valence-electron chi connectivity index (χ1n) is 5.94. The fraction of sp³-hybridized carbons (Fsp3) is 0.286. The van der Waals surface area contributed by atoms with E-state index < -0.39 is 0 Å². The van der Waals surface area contributed by atoms with Crippen molar-refractivity contribution in [3.63, 3.8) is 0 Å². The van der Waals surface area contributed by atoms with E-state index in [1.165, 1.54) is 0 Å². The Bertz CT molecular complexity index is 449. The molecule has 0 N–H and O–H groups in total. The molecule has 17 heavy (non-hydrogen) atoms. The largest absolute Gasteiger partial charge is 0.307 e. The number of aliphatic imine (C=N–C) groups is 1. The Morgan fingerprint density at radius 1 is 1.29 bits per heavy atom. The van der Waals surface area contributed by atoms with Crippen molar-refractivity contribution >= 4 is 17.3 Å². The number of benzene rings is 1. The van der Waals surface area contributed by atoms with Crippen molar-refractivity contribution in [2.24, 2.45) is 4.99 Å². The topological polar surface area (TPSA) is 32.7 Å². The Morgan fingerprint density at radius 3 is 2.53 bits per heavy atom. The van der Waals surface area contributed by atoms with Crippen LogP contribution in [0, 0.1) is 0 Å². The van der Waals surface area contributed by atoms with E-state index >= 15 is 0 Å². The molecule has 2 rings (SSSR count). The summed E-state index contributed by atoms with van der Waals surface area (Å²) in [6, 6.07) is 9.75. The van der Waals surface area contributed by atoms with Crippen molar-refractivity contribution in [2.45, 2.75) is 19.8 Å². The van der Waals surface area contributed by atoms with Gasteiger partial charge < -0.3 is 4.90 Å². The number of para-hydroxylation sites is 1. The van der Waals surface area contributed by atoms with E-state index in [-0.39, 0.29) is 5.91 Å². The molecule has 3 heteroatoms. The zero-order chi connectivity index (χ0) is 12.1. The van der Waals surface area contributed by atoms with Gasteiger partial charge in [0.1, 0.15) is 5.71 Å². The van der Waals surface area contributed by atoms with Gasteiger partial charge in [0.2, 0.25) is 0 Å². The number of rotatable bonds is 5. The molecule has 0 saturated carbocycles. The molecular weight excluding hydrogens is 212 g/mol. The monoisotopic (exact) mass is 228 g/mol. The molecule has 0 unspecified atom stereocenters. The SMILES string of the molecule is CCCCN(C(=O)C1=NC=C1)c1ccccc1. The lowest BCUT2D eigenvalue weighted by Crippen LogP contribution is -2.37. The third kappa shape index (κ3) is 2.61. The molecule has 1 aliphatic heterocycles. The maximum Gasteiger partial charge on any atom is 0.276 e. The van der Waals surface area contributed by atoms with Crippen molar-refractivity contribution in [2.75, 3.05) is 11.4 Å². The number of carbonyl (C=O) groups is 1. The van der Waals surface area contributed by atoms with E-state index in [4.69, 9.17) is 0 Å². The van der Waals surface area contributed by atoms with Crippen LogP contribution in [0.3, 0.4) is 0 Å². The number of hydrogen-bond acceptors (Lipinski definition) is 2. The van der Waals surface area contributed by atoms with E-state index in [1.807, 2.05) is 30.3 Å². The smallest absolute Gasteiger partial charge is 0.276 e. The first-order chi connectivity index (χ1) is 8.33. The summed E-state index contributed by atoms with van der Waals surface area (Å²) in [7, 11) is 0. The molecule has 0 radical (unpaired) electrons. The van der Waals surface area contributed by atoms with Crippen LogP contribution in [-0.4, -0.2) is 18.2 Å². The average molecular weight is 228 g/mol. The van der Waals surface area contributed by atoms with Gasteiger partial charge in [-0.25, -0.2) is 0 Å². The van der Waals surface area contributed by atoms with Crippen LogP contribution in [0.25, 0.3) is 0 Å².